The molecule has 0 N–H and O–H groups in total. The van der Waals surface area contributed by atoms with E-state index in [4.69, 9.17) is 18.9 Å². The van der Waals surface area contributed by atoms with Crippen molar-refractivity contribution >= 4 is 17.7 Å². The molecule has 2 aliphatic heterocycles. The number of carbonyl (C=O) groups excluding carboxylic acids is 3. The highest BCUT2D eigenvalue weighted by atomic mass is 16.6. The van der Waals surface area contributed by atoms with Crippen LogP contribution in [-0.2, 0) is 9.53 Å². The summed E-state index contributed by atoms with van der Waals surface area (Å²) in [5.41, 5.74) is 1.04. The van der Waals surface area contributed by atoms with E-state index in [-0.39, 0.29) is 24.2 Å². The maximum atomic E-state index is 13.0. The number of carbonyl (C=O) groups is 3. The van der Waals surface area contributed by atoms with Crippen LogP contribution >= 0.6 is 0 Å². The molecule has 0 atom stereocenters. The van der Waals surface area contributed by atoms with E-state index in [0.717, 1.165) is 0 Å². The van der Waals surface area contributed by atoms with Gasteiger partial charge in [-0.15, -0.1) is 0 Å². The van der Waals surface area contributed by atoms with Gasteiger partial charge in [0.25, 0.3) is 5.91 Å². The van der Waals surface area contributed by atoms with E-state index >= 15 is 0 Å². The summed E-state index contributed by atoms with van der Waals surface area (Å²) in [4.78, 5) is 39.1. The highest BCUT2D eigenvalue weighted by molar-refractivity contribution is 5.99. The van der Waals surface area contributed by atoms with Crippen molar-refractivity contribution in [2.24, 2.45) is 5.92 Å². The van der Waals surface area contributed by atoms with Gasteiger partial charge in [0.15, 0.2) is 35.4 Å². The Morgan fingerprint density at radius 1 is 0.912 bits per heavy atom. The zero-order chi connectivity index (χ0) is 24.1. The molecule has 4 rings (SSSR count). The van der Waals surface area contributed by atoms with Crippen LogP contribution in [0.25, 0.3) is 0 Å². The molecule has 34 heavy (non-hydrogen) atoms. The van der Waals surface area contributed by atoms with Gasteiger partial charge in [-0.2, -0.15) is 0 Å². The van der Waals surface area contributed by atoms with Crippen LogP contribution in [0.15, 0.2) is 36.4 Å². The average molecular weight is 469 g/mol. The third-order valence-electron chi connectivity index (χ3n) is 5.96. The van der Waals surface area contributed by atoms with Crippen LogP contribution in [0.1, 0.15) is 33.6 Å². The third kappa shape index (κ3) is 5.08. The average Bonchev–Trinajstić information content (AvgIpc) is 2.90. The first kappa shape index (κ1) is 23.4. The van der Waals surface area contributed by atoms with Crippen molar-refractivity contribution in [3.8, 4) is 23.0 Å². The van der Waals surface area contributed by atoms with Gasteiger partial charge in [-0.05, 0) is 49.2 Å². The molecule has 2 aromatic rings. The van der Waals surface area contributed by atoms with Crippen molar-refractivity contribution < 1.29 is 38.1 Å². The number of benzene rings is 2. The molecule has 1 saturated heterocycles. The molecule has 0 aromatic heterocycles. The SMILES string of the molecule is COC(=O)COc1ccc(C(=O)N2CCC(C(=O)c3ccc4c(c3)OCCO4)CC2)cc1OC. The fourth-order valence-corrected chi connectivity index (χ4v) is 4.08. The second kappa shape index (κ2) is 10.5. The van der Waals surface area contributed by atoms with Gasteiger partial charge < -0.3 is 28.6 Å². The molecule has 9 heteroatoms. The summed E-state index contributed by atoms with van der Waals surface area (Å²) >= 11 is 0. The Kier molecular flexibility index (Phi) is 7.20. The predicted octanol–water partition coefficient (Wildman–Crippen LogP) is 2.75. The number of hydrogen-bond acceptors (Lipinski definition) is 8. The number of amides is 1. The summed E-state index contributed by atoms with van der Waals surface area (Å²) < 4.78 is 26.4. The first-order chi connectivity index (χ1) is 16.5. The van der Waals surface area contributed by atoms with Crippen LogP contribution in [0.2, 0.25) is 0 Å². The second-order valence-electron chi connectivity index (χ2n) is 8.02. The Hall–Kier alpha value is -3.75. The fourth-order valence-electron chi connectivity index (χ4n) is 4.08. The molecule has 0 aliphatic carbocycles. The Bertz CT molecular complexity index is 1070. The van der Waals surface area contributed by atoms with Crippen LogP contribution in [0.4, 0.5) is 0 Å². The van der Waals surface area contributed by atoms with E-state index in [1.807, 2.05) is 0 Å². The monoisotopic (exact) mass is 469 g/mol. The maximum Gasteiger partial charge on any atom is 0.343 e. The standard InChI is InChI=1S/C25H27NO8/c1-30-21-14-18(4-6-19(21)34-15-23(27)31-2)25(29)26-9-7-16(8-10-26)24(28)17-3-5-20-22(13-17)33-12-11-32-20/h3-6,13-14,16H,7-12,15H2,1-2H3. The lowest BCUT2D eigenvalue weighted by Gasteiger charge is -2.31. The fraction of sp³-hybridized carbons (Fsp3) is 0.400. The number of Topliss-reactive ketones (excluding diaryl/α,β-unsaturated/α-hetero) is 1. The zero-order valence-electron chi connectivity index (χ0n) is 19.2. The van der Waals surface area contributed by atoms with Gasteiger partial charge in [-0.25, -0.2) is 4.79 Å². The lowest BCUT2D eigenvalue weighted by molar-refractivity contribution is -0.142. The number of nitrogens with zero attached hydrogens (tertiary/aromatic N) is 1. The van der Waals surface area contributed by atoms with Crippen LogP contribution in [0.3, 0.4) is 0 Å². The molecule has 0 spiro atoms. The topological polar surface area (TPSA) is 101 Å². The van der Waals surface area contributed by atoms with Gasteiger partial charge in [0.2, 0.25) is 0 Å². The van der Waals surface area contributed by atoms with E-state index in [0.29, 0.717) is 73.3 Å². The van der Waals surface area contributed by atoms with E-state index in [2.05, 4.69) is 4.74 Å². The summed E-state index contributed by atoms with van der Waals surface area (Å²) in [5, 5.41) is 0. The Labute approximate surface area is 197 Å². The molecule has 0 saturated carbocycles. The van der Waals surface area contributed by atoms with Gasteiger partial charge in [0.05, 0.1) is 14.2 Å². The molecule has 0 unspecified atom stereocenters. The number of ketones is 1. The van der Waals surface area contributed by atoms with Crippen molar-refractivity contribution in [1.82, 2.24) is 4.90 Å². The van der Waals surface area contributed by atoms with Gasteiger partial charge in [0, 0.05) is 30.1 Å². The van der Waals surface area contributed by atoms with Crippen molar-refractivity contribution in [2.75, 3.05) is 47.1 Å². The van der Waals surface area contributed by atoms with Crippen LogP contribution < -0.4 is 18.9 Å². The quantitative estimate of drug-likeness (QED) is 0.451. The van der Waals surface area contributed by atoms with E-state index < -0.39 is 5.97 Å². The number of esters is 1. The van der Waals surface area contributed by atoms with Gasteiger partial charge in [0.1, 0.15) is 13.2 Å². The Morgan fingerprint density at radius 3 is 2.32 bits per heavy atom. The van der Waals surface area contributed by atoms with Crippen LogP contribution in [0, 0.1) is 5.92 Å². The second-order valence-corrected chi connectivity index (χ2v) is 8.02. The van der Waals surface area contributed by atoms with Gasteiger partial charge >= 0.3 is 5.97 Å². The minimum Gasteiger partial charge on any atom is -0.493 e. The molecular formula is C25H27NO8. The van der Waals surface area contributed by atoms with Crippen LogP contribution in [-0.4, -0.2) is 69.7 Å². The first-order valence-corrected chi connectivity index (χ1v) is 11.1. The van der Waals surface area contributed by atoms with Gasteiger partial charge in [-0.1, -0.05) is 0 Å². The highest BCUT2D eigenvalue weighted by Crippen LogP contribution is 2.33. The number of likely N-dealkylation sites (tertiary alicyclic amines) is 1. The number of hydrogen-bond donors (Lipinski definition) is 0. The molecule has 9 nitrogen and oxygen atoms in total. The summed E-state index contributed by atoms with van der Waals surface area (Å²) in [6.45, 7) is 1.66. The highest BCUT2D eigenvalue weighted by Gasteiger charge is 2.29. The number of ether oxygens (including phenoxy) is 5. The molecule has 0 radical (unpaired) electrons. The van der Waals surface area contributed by atoms with Crippen molar-refractivity contribution in [2.45, 2.75) is 12.8 Å². The smallest absolute Gasteiger partial charge is 0.343 e. The van der Waals surface area contributed by atoms with Crippen LogP contribution in [0.5, 0.6) is 23.0 Å². The predicted molar refractivity (Wildman–Crippen MR) is 121 cm³/mol. The molecule has 2 heterocycles. The van der Waals surface area contributed by atoms with Gasteiger partial charge in [-0.3, -0.25) is 9.59 Å². The normalized spacial score (nSPS) is 15.4. The minimum atomic E-state index is -0.518. The lowest BCUT2D eigenvalue weighted by Crippen LogP contribution is -2.40. The van der Waals surface area contributed by atoms with E-state index in [1.54, 1.807) is 41.3 Å². The molecule has 1 amide bonds. The summed E-state index contributed by atoms with van der Waals surface area (Å²) in [6, 6.07) is 10.1. The molecule has 2 aliphatic rings. The Balaban J connectivity index is 1.37. The third-order valence-corrected chi connectivity index (χ3v) is 5.96. The van der Waals surface area contributed by atoms with Crippen molar-refractivity contribution in [3.63, 3.8) is 0 Å². The first-order valence-electron chi connectivity index (χ1n) is 11.1. The minimum absolute atomic E-state index is 0.0536. The molecule has 2 aromatic carbocycles. The lowest BCUT2D eigenvalue weighted by atomic mass is 9.88. The summed E-state index contributed by atoms with van der Waals surface area (Å²) in [7, 11) is 2.74. The number of fused-ring (bicyclic) bond motifs is 1. The molecule has 0 bridgehead atoms. The Morgan fingerprint density at radius 2 is 1.62 bits per heavy atom. The molecule has 1 fully saturated rings. The molecular weight excluding hydrogens is 442 g/mol. The maximum absolute atomic E-state index is 13.0. The van der Waals surface area contributed by atoms with Crippen molar-refractivity contribution in [3.05, 3.63) is 47.5 Å². The van der Waals surface area contributed by atoms with Crippen molar-refractivity contribution in [1.29, 1.82) is 0 Å². The number of rotatable bonds is 7. The number of methoxy groups -OCH3 is 2. The zero-order valence-corrected chi connectivity index (χ0v) is 19.2. The van der Waals surface area contributed by atoms with E-state index in [9.17, 15) is 14.4 Å². The van der Waals surface area contributed by atoms with E-state index in [1.165, 1.54) is 14.2 Å². The summed E-state index contributed by atoms with van der Waals surface area (Å²) in [6.07, 6.45) is 1.16. The summed E-state index contributed by atoms with van der Waals surface area (Å²) in [5.74, 6) is 1.16. The largest absolute Gasteiger partial charge is 0.493 e. The number of piperidine rings is 1. The molecule has 180 valence electrons.